The van der Waals surface area contributed by atoms with Gasteiger partial charge in [0.2, 0.25) is 5.91 Å². The molecule has 2 aliphatic rings. The number of likely N-dealkylation sites (tertiary alicyclic amines) is 1. The van der Waals surface area contributed by atoms with Crippen LogP contribution in [0.5, 0.6) is 0 Å². The fourth-order valence-corrected chi connectivity index (χ4v) is 4.23. The number of hydrogen-bond acceptors (Lipinski definition) is 3. The van der Waals surface area contributed by atoms with E-state index in [1.165, 1.54) is 23.3 Å². The molecule has 2 N–H and O–H groups in total. The van der Waals surface area contributed by atoms with Crippen LogP contribution in [0.3, 0.4) is 0 Å². The van der Waals surface area contributed by atoms with Crippen molar-refractivity contribution in [2.45, 2.75) is 49.6 Å². The van der Waals surface area contributed by atoms with Gasteiger partial charge in [0.05, 0.1) is 0 Å². The van der Waals surface area contributed by atoms with Gasteiger partial charge < -0.3 is 15.5 Å². The zero-order chi connectivity index (χ0) is 18.4. The van der Waals surface area contributed by atoms with Gasteiger partial charge in [0, 0.05) is 43.5 Å². The summed E-state index contributed by atoms with van der Waals surface area (Å²) in [6.45, 7) is 2.39. The number of hydrogen-bond donors (Lipinski definition) is 2. The minimum absolute atomic E-state index is 0. The summed E-state index contributed by atoms with van der Waals surface area (Å²) in [5.74, 6) is 1.44. The number of guanidine groups is 1. The third kappa shape index (κ3) is 6.27. The first kappa shape index (κ1) is 22.3. The molecule has 7 heteroatoms. The highest BCUT2D eigenvalue weighted by molar-refractivity contribution is 14.0. The van der Waals surface area contributed by atoms with Crippen molar-refractivity contribution in [2.24, 2.45) is 10.9 Å². The van der Waals surface area contributed by atoms with Gasteiger partial charge in [-0.2, -0.15) is 0 Å². The molecule has 0 spiro atoms. The van der Waals surface area contributed by atoms with Gasteiger partial charge in [-0.05, 0) is 43.2 Å². The molecule has 1 heterocycles. The predicted molar refractivity (Wildman–Crippen MR) is 124 cm³/mol. The third-order valence-electron chi connectivity index (χ3n) is 5.39. The second-order valence-electron chi connectivity index (χ2n) is 7.17. The number of rotatable bonds is 5. The van der Waals surface area contributed by atoms with Crippen molar-refractivity contribution in [3.05, 3.63) is 29.8 Å². The Hall–Kier alpha value is -0.960. The number of thioether (sulfide) groups is 1. The maximum absolute atomic E-state index is 12.6. The summed E-state index contributed by atoms with van der Waals surface area (Å²) in [5, 5.41) is 6.85. The predicted octanol–water partition coefficient (Wildman–Crippen LogP) is 3.48. The molecule has 5 nitrogen and oxygen atoms in total. The number of carbonyl (C=O) groups excluding carboxylic acids is 1. The average Bonchev–Trinajstić information content (AvgIpc) is 3.37. The molecule has 3 rings (SSSR count). The Balaban J connectivity index is 0.00000261. The summed E-state index contributed by atoms with van der Waals surface area (Å²) in [4.78, 5) is 20.2. The zero-order valence-corrected chi connectivity index (χ0v) is 19.4. The second kappa shape index (κ2) is 11.1. The Bertz CT molecular complexity index is 631. The summed E-state index contributed by atoms with van der Waals surface area (Å²) < 4.78 is 0. The van der Waals surface area contributed by atoms with Crippen LogP contribution in [-0.4, -0.2) is 49.2 Å². The number of nitrogens with zero attached hydrogens (tertiary/aromatic N) is 2. The Morgan fingerprint density at radius 3 is 2.56 bits per heavy atom. The Labute approximate surface area is 184 Å². The smallest absolute Gasteiger partial charge is 0.225 e. The van der Waals surface area contributed by atoms with E-state index >= 15 is 0 Å². The van der Waals surface area contributed by atoms with Gasteiger partial charge in [-0.3, -0.25) is 9.79 Å². The number of benzene rings is 1. The van der Waals surface area contributed by atoms with Crippen molar-refractivity contribution in [3.8, 4) is 0 Å². The summed E-state index contributed by atoms with van der Waals surface area (Å²) in [7, 11) is 1.79. The van der Waals surface area contributed by atoms with Crippen LogP contribution in [-0.2, 0) is 11.3 Å². The van der Waals surface area contributed by atoms with Crippen LogP contribution >= 0.6 is 35.7 Å². The fraction of sp³-hybridized carbons (Fsp3) is 0.600. The number of halogens is 1. The molecule has 1 unspecified atom stereocenters. The number of carbonyl (C=O) groups is 1. The van der Waals surface area contributed by atoms with E-state index in [9.17, 15) is 4.79 Å². The summed E-state index contributed by atoms with van der Waals surface area (Å²) in [6, 6.07) is 8.85. The van der Waals surface area contributed by atoms with E-state index in [2.05, 4.69) is 46.1 Å². The van der Waals surface area contributed by atoms with E-state index in [1.807, 2.05) is 4.90 Å². The van der Waals surface area contributed by atoms with Gasteiger partial charge in [-0.1, -0.05) is 25.0 Å². The maximum atomic E-state index is 12.6. The van der Waals surface area contributed by atoms with Gasteiger partial charge in [-0.15, -0.1) is 35.7 Å². The first-order chi connectivity index (χ1) is 12.7. The van der Waals surface area contributed by atoms with Gasteiger partial charge >= 0.3 is 0 Å². The van der Waals surface area contributed by atoms with E-state index in [0.717, 1.165) is 44.9 Å². The highest BCUT2D eigenvalue weighted by atomic mass is 127. The Morgan fingerprint density at radius 1 is 1.22 bits per heavy atom. The summed E-state index contributed by atoms with van der Waals surface area (Å²) in [6.07, 6.45) is 7.64. The molecule has 2 fully saturated rings. The van der Waals surface area contributed by atoms with Crippen LogP contribution in [0, 0.1) is 5.92 Å². The second-order valence-corrected chi connectivity index (χ2v) is 8.05. The summed E-state index contributed by atoms with van der Waals surface area (Å²) in [5.41, 5.74) is 1.23. The van der Waals surface area contributed by atoms with Crippen LogP contribution in [0.2, 0.25) is 0 Å². The van der Waals surface area contributed by atoms with Crippen LogP contribution < -0.4 is 10.6 Å². The van der Waals surface area contributed by atoms with Crippen molar-refractivity contribution in [2.75, 3.05) is 26.4 Å². The Morgan fingerprint density at radius 2 is 1.93 bits per heavy atom. The molecule has 1 aromatic rings. The Kier molecular flexibility index (Phi) is 9.21. The molecule has 27 heavy (non-hydrogen) atoms. The molecule has 1 amide bonds. The van der Waals surface area contributed by atoms with E-state index < -0.39 is 0 Å². The van der Waals surface area contributed by atoms with Crippen molar-refractivity contribution >= 4 is 47.6 Å². The van der Waals surface area contributed by atoms with Crippen molar-refractivity contribution in [1.82, 2.24) is 15.5 Å². The first-order valence-electron chi connectivity index (χ1n) is 9.58. The molecule has 0 radical (unpaired) electrons. The first-order valence-corrected chi connectivity index (χ1v) is 10.8. The standard InChI is InChI=1S/C20H30N4OS.HI/c1-21-20(22-13-15-7-9-18(26-2)10-8-15)23-17-11-12-24(14-17)19(25)16-5-3-4-6-16;/h7-10,16-17H,3-6,11-14H2,1-2H3,(H2,21,22,23);1H. The van der Waals surface area contributed by atoms with Crippen molar-refractivity contribution < 1.29 is 4.79 Å². The van der Waals surface area contributed by atoms with Gasteiger partial charge in [0.1, 0.15) is 0 Å². The lowest BCUT2D eigenvalue weighted by Crippen LogP contribution is -2.45. The molecule has 0 bridgehead atoms. The summed E-state index contributed by atoms with van der Waals surface area (Å²) >= 11 is 1.75. The molecule has 1 aliphatic carbocycles. The van der Waals surface area contributed by atoms with Gasteiger partial charge in [0.25, 0.3) is 0 Å². The zero-order valence-electron chi connectivity index (χ0n) is 16.2. The topological polar surface area (TPSA) is 56.7 Å². The lowest BCUT2D eigenvalue weighted by Gasteiger charge is -2.21. The molecule has 1 saturated carbocycles. The number of aliphatic imine (C=N–C) groups is 1. The van der Waals surface area contributed by atoms with Crippen LogP contribution in [0.1, 0.15) is 37.7 Å². The van der Waals surface area contributed by atoms with Crippen molar-refractivity contribution in [1.29, 1.82) is 0 Å². The van der Waals surface area contributed by atoms with Crippen molar-refractivity contribution in [3.63, 3.8) is 0 Å². The molecule has 1 atom stereocenters. The molecule has 1 saturated heterocycles. The minimum atomic E-state index is 0. The minimum Gasteiger partial charge on any atom is -0.352 e. The molecular weight excluding hydrogens is 471 g/mol. The van der Waals surface area contributed by atoms with Gasteiger partial charge in [0.15, 0.2) is 5.96 Å². The SMILES string of the molecule is CN=C(NCc1ccc(SC)cc1)NC1CCN(C(=O)C2CCCC2)C1.I. The molecule has 150 valence electrons. The van der Waals surface area contributed by atoms with E-state index in [-0.39, 0.29) is 35.9 Å². The third-order valence-corrected chi connectivity index (χ3v) is 6.13. The van der Waals surface area contributed by atoms with Gasteiger partial charge in [-0.25, -0.2) is 0 Å². The van der Waals surface area contributed by atoms with E-state index in [1.54, 1.807) is 18.8 Å². The van der Waals surface area contributed by atoms with Crippen LogP contribution in [0.25, 0.3) is 0 Å². The quantitative estimate of drug-likeness (QED) is 0.280. The number of amides is 1. The normalized spacial score (nSPS) is 20.4. The van der Waals surface area contributed by atoms with E-state index in [0.29, 0.717) is 5.91 Å². The highest BCUT2D eigenvalue weighted by Gasteiger charge is 2.32. The lowest BCUT2D eigenvalue weighted by molar-refractivity contribution is -0.134. The molecule has 0 aromatic heterocycles. The van der Waals surface area contributed by atoms with Crippen LogP contribution in [0.4, 0.5) is 0 Å². The molecular formula is C20H31IN4OS. The monoisotopic (exact) mass is 502 g/mol. The highest BCUT2D eigenvalue weighted by Crippen LogP contribution is 2.27. The van der Waals surface area contributed by atoms with Crippen LogP contribution in [0.15, 0.2) is 34.2 Å². The molecule has 1 aliphatic heterocycles. The molecule has 1 aromatic carbocycles. The average molecular weight is 502 g/mol. The lowest BCUT2D eigenvalue weighted by atomic mass is 10.1. The number of nitrogens with one attached hydrogen (secondary N) is 2. The van der Waals surface area contributed by atoms with E-state index in [4.69, 9.17) is 0 Å². The maximum Gasteiger partial charge on any atom is 0.225 e. The fourth-order valence-electron chi connectivity index (χ4n) is 3.83. The largest absolute Gasteiger partial charge is 0.352 e.